The Labute approximate surface area is 191 Å². The summed E-state index contributed by atoms with van der Waals surface area (Å²) < 4.78 is 11.6. The normalized spacial score (nSPS) is 27.2. The number of carbonyl (C=O) groups excluding carboxylic acids is 2. The molecule has 0 spiro atoms. The second-order valence-corrected chi connectivity index (χ2v) is 10.4. The first kappa shape index (κ1) is 20.9. The Morgan fingerprint density at radius 1 is 1.19 bits per heavy atom. The van der Waals surface area contributed by atoms with Gasteiger partial charge in [0.2, 0.25) is 0 Å². The number of amides is 2. The van der Waals surface area contributed by atoms with Gasteiger partial charge in [-0.3, -0.25) is 4.79 Å². The Morgan fingerprint density at radius 3 is 2.61 bits per heavy atom. The number of carbonyl (C=O) groups is 2. The molecule has 3 fully saturated rings. The lowest BCUT2D eigenvalue weighted by molar-refractivity contribution is 0.000955. The third-order valence-electron chi connectivity index (χ3n) is 6.36. The molecule has 2 amide bonds. The molecule has 5 rings (SSSR count). The van der Waals surface area contributed by atoms with E-state index in [4.69, 9.17) is 32.7 Å². The minimum atomic E-state index is -0.582. The molecule has 1 aromatic heterocycles. The van der Waals surface area contributed by atoms with Crippen molar-refractivity contribution in [3.63, 3.8) is 0 Å². The van der Waals surface area contributed by atoms with E-state index in [2.05, 4.69) is 9.88 Å². The predicted molar refractivity (Wildman–Crippen MR) is 116 cm³/mol. The van der Waals surface area contributed by atoms with Crippen LogP contribution in [0.25, 0.3) is 0 Å². The van der Waals surface area contributed by atoms with Gasteiger partial charge in [0.25, 0.3) is 5.91 Å². The zero-order valence-electron chi connectivity index (χ0n) is 17.9. The van der Waals surface area contributed by atoms with Gasteiger partial charge in [-0.05, 0) is 39.5 Å². The molecule has 31 heavy (non-hydrogen) atoms. The molecule has 0 aromatic carbocycles. The van der Waals surface area contributed by atoms with Crippen LogP contribution >= 0.6 is 23.2 Å². The van der Waals surface area contributed by atoms with Crippen LogP contribution in [-0.4, -0.2) is 77.3 Å². The topological polar surface area (TPSA) is 75.2 Å². The maximum absolute atomic E-state index is 13.7. The number of hydrogen-bond donors (Lipinski definition) is 0. The van der Waals surface area contributed by atoms with Crippen LogP contribution in [-0.2, 0) is 4.74 Å². The lowest BCUT2D eigenvalue weighted by atomic mass is 10.1. The van der Waals surface area contributed by atoms with Crippen molar-refractivity contribution in [3.8, 4) is 5.75 Å². The molecule has 10 heteroatoms. The largest absolute Gasteiger partial charge is 0.489 e. The maximum atomic E-state index is 13.7. The molecule has 168 valence electrons. The summed E-state index contributed by atoms with van der Waals surface area (Å²) in [5.74, 6) is 1.35. The Hall–Kier alpha value is -1.93. The van der Waals surface area contributed by atoms with Gasteiger partial charge in [-0.2, -0.15) is 0 Å². The van der Waals surface area contributed by atoms with Gasteiger partial charge in [0.15, 0.2) is 10.9 Å². The number of anilines is 1. The SMILES string of the molecule is CC(C)(C)OC(=O)N1CCN2C(=O)c3c(N4CCC5CC54)nc(Cl)c(Cl)c3OC[C@H]2C1. The molecule has 1 saturated carbocycles. The number of fused-ring (bicyclic) bond motifs is 3. The van der Waals surface area contributed by atoms with Crippen LogP contribution in [0.3, 0.4) is 0 Å². The number of ether oxygens (including phenoxy) is 2. The summed E-state index contributed by atoms with van der Waals surface area (Å²) in [5, 5.41) is 0.298. The average Bonchev–Trinajstić information content (AvgIpc) is 3.39. The summed E-state index contributed by atoms with van der Waals surface area (Å²) in [6.07, 6.45) is 1.82. The zero-order chi connectivity index (χ0) is 22.1. The number of piperidine rings is 1. The van der Waals surface area contributed by atoms with Gasteiger partial charge in [0.05, 0.1) is 6.04 Å². The second-order valence-electron chi connectivity index (χ2n) is 9.68. The van der Waals surface area contributed by atoms with Crippen molar-refractivity contribution < 1.29 is 19.1 Å². The quantitative estimate of drug-likeness (QED) is 0.587. The Morgan fingerprint density at radius 2 is 1.97 bits per heavy atom. The number of nitrogens with zero attached hydrogens (tertiary/aromatic N) is 4. The number of halogens is 2. The smallest absolute Gasteiger partial charge is 0.410 e. The van der Waals surface area contributed by atoms with Crippen LogP contribution in [0.2, 0.25) is 10.2 Å². The van der Waals surface area contributed by atoms with Crippen LogP contribution in [0.15, 0.2) is 0 Å². The fraction of sp³-hybridized carbons (Fsp3) is 0.667. The summed E-state index contributed by atoms with van der Waals surface area (Å²) in [7, 11) is 0. The van der Waals surface area contributed by atoms with Gasteiger partial charge in [-0.1, -0.05) is 23.2 Å². The van der Waals surface area contributed by atoms with Crippen molar-refractivity contribution in [2.24, 2.45) is 5.92 Å². The minimum absolute atomic E-state index is 0.141. The first-order valence-electron chi connectivity index (χ1n) is 10.7. The molecule has 1 aromatic rings. The standard InChI is InChI=1S/C21H26Cl2N4O4/c1-21(2,3)31-20(29)25-6-7-26-12(9-25)10-30-16-14(19(26)28)18(24-17(23)15(16)22)27-5-4-11-8-13(11)27/h11-13H,4-10H2,1-3H3/t11?,12-,13?/m1/s1. The first-order valence-corrected chi connectivity index (χ1v) is 11.5. The molecule has 8 nitrogen and oxygen atoms in total. The maximum Gasteiger partial charge on any atom is 0.410 e. The van der Waals surface area contributed by atoms with Crippen LogP contribution in [0.1, 0.15) is 44.0 Å². The van der Waals surface area contributed by atoms with E-state index in [1.807, 2.05) is 20.8 Å². The van der Waals surface area contributed by atoms with E-state index in [0.29, 0.717) is 48.7 Å². The molecule has 0 bridgehead atoms. The summed E-state index contributed by atoms with van der Waals surface area (Å²) in [6.45, 7) is 7.66. The number of aromatic nitrogens is 1. The van der Waals surface area contributed by atoms with Crippen molar-refractivity contribution in [1.29, 1.82) is 0 Å². The molecule has 0 radical (unpaired) electrons. The molecule has 2 unspecified atom stereocenters. The van der Waals surface area contributed by atoms with E-state index in [1.54, 1.807) is 9.80 Å². The van der Waals surface area contributed by atoms with E-state index < -0.39 is 5.60 Å². The van der Waals surface area contributed by atoms with E-state index >= 15 is 0 Å². The second kappa shape index (κ2) is 7.30. The van der Waals surface area contributed by atoms with Crippen molar-refractivity contribution in [1.82, 2.24) is 14.8 Å². The molecule has 3 aliphatic heterocycles. The van der Waals surface area contributed by atoms with Gasteiger partial charge in [0.1, 0.15) is 28.6 Å². The van der Waals surface area contributed by atoms with Crippen LogP contribution < -0.4 is 9.64 Å². The fourth-order valence-corrected chi connectivity index (χ4v) is 5.13. The highest BCUT2D eigenvalue weighted by atomic mass is 35.5. The van der Waals surface area contributed by atoms with Gasteiger partial charge in [-0.15, -0.1) is 0 Å². The van der Waals surface area contributed by atoms with Gasteiger partial charge in [0, 0.05) is 32.2 Å². The Bertz CT molecular complexity index is 950. The molecular formula is C21H26Cl2N4O4. The van der Waals surface area contributed by atoms with Gasteiger partial charge >= 0.3 is 6.09 Å². The monoisotopic (exact) mass is 468 g/mol. The van der Waals surface area contributed by atoms with E-state index in [1.165, 1.54) is 0 Å². The van der Waals surface area contributed by atoms with Crippen LogP contribution in [0.4, 0.5) is 10.6 Å². The number of pyridine rings is 1. The zero-order valence-corrected chi connectivity index (χ0v) is 19.4. The summed E-state index contributed by atoms with van der Waals surface area (Å²) in [4.78, 5) is 36.3. The third kappa shape index (κ3) is 3.67. The lowest BCUT2D eigenvalue weighted by Gasteiger charge is -2.40. The van der Waals surface area contributed by atoms with Crippen molar-refractivity contribution in [2.75, 3.05) is 37.7 Å². The molecule has 4 aliphatic rings. The average molecular weight is 469 g/mol. The van der Waals surface area contributed by atoms with E-state index in [-0.39, 0.29) is 34.8 Å². The van der Waals surface area contributed by atoms with E-state index in [9.17, 15) is 9.59 Å². The molecule has 0 N–H and O–H groups in total. The predicted octanol–water partition coefficient (Wildman–Crippen LogP) is 3.44. The number of piperazine rings is 1. The van der Waals surface area contributed by atoms with Crippen molar-refractivity contribution in [2.45, 2.75) is 51.3 Å². The highest BCUT2D eigenvalue weighted by molar-refractivity contribution is 6.42. The highest BCUT2D eigenvalue weighted by Crippen LogP contribution is 2.50. The fourth-order valence-electron chi connectivity index (χ4n) is 4.78. The van der Waals surface area contributed by atoms with Gasteiger partial charge < -0.3 is 24.2 Å². The van der Waals surface area contributed by atoms with E-state index in [0.717, 1.165) is 19.4 Å². The molecule has 3 atom stereocenters. The summed E-state index contributed by atoms with van der Waals surface area (Å²) >= 11 is 12.8. The molecule has 1 aliphatic carbocycles. The highest BCUT2D eigenvalue weighted by Gasteiger charge is 2.50. The summed E-state index contributed by atoms with van der Waals surface area (Å²) in [6, 6.07) is 0.0980. The minimum Gasteiger partial charge on any atom is -0.489 e. The molecule has 4 heterocycles. The van der Waals surface area contributed by atoms with Crippen LogP contribution in [0, 0.1) is 5.92 Å². The van der Waals surface area contributed by atoms with Gasteiger partial charge in [-0.25, -0.2) is 9.78 Å². The first-order chi connectivity index (χ1) is 14.6. The van der Waals surface area contributed by atoms with Crippen LogP contribution in [0.5, 0.6) is 5.75 Å². The lowest BCUT2D eigenvalue weighted by Crippen LogP contribution is -2.58. The Balaban J connectivity index is 1.44. The molecule has 2 saturated heterocycles. The van der Waals surface area contributed by atoms with Crippen molar-refractivity contribution in [3.05, 3.63) is 15.7 Å². The van der Waals surface area contributed by atoms with Crippen molar-refractivity contribution >= 4 is 41.0 Å². The number of rotatable bonds is 1. The third-order valence-corrected chi connectivity index (χ3v) is 7.08. The molecular weight excluding hydrogens is 443 g/mol. The Kier molecular flexibility index (Phi) is 4.93. The summed E-state index contributed by atoms with van der Waals surface area (Å²) in [5.41, 5.74) is -0.197. The number of hydrogen-bond acceptors (Lipinski definition) is 6.